The van der Waals surface area contributed by atoms with Gasteiger partial charge in [0.25, 0.3) is 0 Å². The maximum Gasteiger partial charge on any atom is 0.248 e. The number of rotatable bonds is 5. The third kappa shape index (κ3) is 4.69. The molecule has 0 saturated heterocycles. The summed E-state index contributed by atoms with van der Waals surface area (Å²) in [6.45, 7) is 5.16. The molecule has 0 spiro atoms. The number of hydrogen-bond donors (Lipinski definition) is 1. The average molecular weight is 415 g/mol. The zero-order valence-electron chi connectivity index (χ0n) is 14.9. The Morgan fingerprint density at radius 3 is 2.27 bits per heavy atom. The van der Waals surface area contributed by atoms with Crippen molar-refractivity contribution >= 4 is 50.5 Å². The zero-order chi connectivity index (χ0) is 19.6. The van der Waals surface area contributed by atoms with Crippen molar-refractivity contribution in [2.75, 3.05) is 15.9 Å². The molecule has 1 atom stereocenters. The Bertz CT molecular complexity index is 945. The molecule has 0 aliphatic carbocycles. The number of halogens is 2. The number of aryl methyl sites for hydroxylation is 2. The molecule has 0 aliphatic rings. The second-order valence-corrected chi connectivity index (χ2v) is 8.82. The zero-order valence-corrected chi connectivity index (χ0v) is 17.2. The first kappa shape index (κ1) is 20.6. The molecule has 0 unspecified atom stereocenters. The first-order chi connectivity index (χ1) is 12.0. The van der Waals surface area contributed by atoms with E-state index >= 15 is 0 Å². The molecule has 2 rings (SSSR count). The fraction of sp³-hybridized carbons (Fsp3) is 0.278. The molecule has 0 aliphatic heterocycles. The Morgan fingerprint density at radius 2 is 1.69 bits per heavy atom. The molecule has 2 aromatic carbocycles. The molecule has 0 heterocycles. The van der Waals surface area contributed by atoms with Crippen LogP contribution in [0, 0.1) is 13.8 Å². The number of carbonyl (C=O) groups excluding carboxylic acids is 1. The Balaban J connectivity index is 2.37. The molecule has 5 nitrogen and oxygen atoms in total. The summed E-state index contributed by atoms with van der Waals surface area (Å²) in [7, 11) is -3.71. The van der Waals surface area contributed by atoms with E-state index < -0.39 is 22.0 Å². The molecule has 2 aromatic rings. The van der Waals surface area contributed by atoms with Crippen LogP contribution < -0.4 is 9.62 Å². The van der Waals surface area contributed by atoms with Crippen LogP contribution in [0.4, 0.5) is 11.4 Å². The molecule has 1 amide bonds. The van der Waals surface area contributed by atoms with Crippen LogP contribution in [0.15, 0.2) is 36.4 Å². The number of benzene rings is 2. The Hall–Kier alpha value is -1.76. The summed E-state index contributed by atoms with van der Waals surface area (Å²) < 4.78 is 25.7. The van der Waals surface area contributed by atoms with Crippen molar-refractivity contribution in [2.45, 2.75) is 26.8 Å². The largest absolute Gasteiger partial charge is 0.324 e. The van der Waals surface area contributed by atoms with E-state index in [1.54, 1.807) is 30.3 Å². The highest BCUT2D eigenvalue weighted by atomic mass is 35.5. The van der Waals surface area contributed by atoms with Gasteiger partial charge in [0.1, 0.15) is 6.04 Å². The summed E-state index contributed by atoms with van der Waals surface area (Å²) in [6, 6.07) is 8.99. The van der Waals surface area contributed by atoms with E-state index in [1.165, 1.54) is 13.0 Å². The van der Waals surface area contributed by atoms with E-state index in [2.05, 4.69) is 5.32 Å². The molecule has 0 aromatic heterocycles. The lowest BCUT2D eigenvalue weighted by molar-refractivity contribution is -0.116. The lowest BCUT2D eigenvalue weighted by Gasteiger charge is -2.28. The van der Waals surface area contributed by atoms with Gasteiger partial charge in [0.15, 0.2) is 0 Å². The standard InChI is InChI=1S/C18H20Cl2N2O3S/c1-11-6-8-15(10-16(11)20)22(26(4,24)25)13(3)18(23)21-17-9-14(19)7-5-12(17)2/h5-10,13H,1-4H3,(H,21,23)/t13-/m0/s1. The van der Waals surface area contributed by atoms with Crippen LogP contribution >= 0.6 is 23.2 Å². The van der Waals surface area contributed by atoms with Crippen molar-refractivity contribution < 1.29 is 13.2 Å². The Kier molecular flexibility index (Phi) is 6.21. The molecule has 0 fully saturated rings. The van der Waals surface area contributed by atoms with E-state index in [0.717, 1.165) is 21.7 Å². The molecule has 26 heavy (non-hydrogen) atoms. The van der Waals surface area contributed by atoms with E-state index in [9.17, 15) is 13.2 Å². The van der Waals surface area contributed by atoms with Gasteiger partial charge in [-0.3, -0.25) is 9.10 Å². The van der Waals surface area contributed by atoms with Crippen molar-refractivity contribution in [3.63, 3.8) is 0 Å². The van der Waals surface area contributed by atoms with Gasteiger partial charge in [-0.1, -0.05) is 35.3 Å². The third-order valence-corrected chi connectivity index (χ3v) is 5.84. The van der Waals surface area contributed by atoms with Gasteiger partial charge >= 0.3 is 0 Å². The molecule has 8 heteroatoms. The van der Waals surface area contributed by atoms with Crippen molar-refractivity contribution in [3.05, 3.63) is 57.6 Å². The summed E-state index contributed by atoms with van der Waals surface area (Å²) in [5.41, 5.74) is 2.49. The van der Waals surface area contributed by atoms with Crippen molar-refractivity contribution in [1.82, 2.24) is 0 Å². The van der Waals surface area contributed by atoms with Crippen LogP contribution in [-0.2, 0) is 14.8 Å². The van der Waals surface area contributed by atoms with Crippen LogP contribution in [0.5, 0.6) is 0 Å². The first-order valence-corrected chi connectivity index (χ1v) is 10.4. The normalized spacial score (nSPS) is 12.5. The molecule has 140 valence electrons. The van der Waals surface area contributed by atoms with Gasteiger partial charge in [-0.25, -0.2) is 8.42 Å². The quantitative estimate of drug-likeness (QED) is 0.787. The summed E-state index contributed by atoms with van der Waals surface area (Å²) in [4.78, 5) is 12.7. The van der Waals surface area contributed by atoms with Crippen LogP contribution in [0.25, 0.3) is 0 Å². The first-order valence-electron chi connectivity index (χ1n) is 7.83. The van der Waals surface area contributed by atoms with E-state index in [-0.39, 0.29) is 0 Å². The van der Waals surface area contributed by atoms with E-state index in [4.69, 9.17) is 23.2 Å². The minimum absolute atomic E-state index is 0.327. The van der Waals surface area contributed by atoms with Crippen LogP contribution in [0.1, 0.15) is 18.1 Å². The Morgan fingerprint density at radius 1 is 1.08 bits per heavy atom. The monoisotopic (exact) mass is 414 g/mol. The van der Waals surface area contributed by atoms with Crippen molar-refractivity contribution in [3.8, 4) is 0 Å². The number of carbonyl (C=O) groups is 1. The van der Waals surface area contributed by atoms with Gasteiger partial charge in [-0.2, -0.15) is 0 Å². The molecule has 0 bridgehead atoms. The molecular weight excluding hydrogens is 395 g/mol. The lowest BCUT2D eigenvalue weighted by Crippen LogP contribution is -2.45. The number of anilines is 2. The highest BCUT2D eigenvalue weighted by Crippen LogP contribution is 2.27. The van der Waals surface area contributed by atoms with E-state index in [0.29, 0.717) is 21.4 Å². The third-order valence-electron chi connectivity index (χ3n) is 3.96. The number of hydrogen-bond acceptors (Lipinski definition) is 3. The van der Waals surface area contributed by atoms with Gasteiger partial charge in [-0.05, 0) is 56.2 Å². The van der Waals surface area contributed by atoms with Gasteiger partial charge in [0.05, 0.1) is 11.9 Å². The lowest BCUT2D eigenvalue weighted by atomic mass is 10.2. The molecule has 0 saturated carbocycles. The molecule has 1 N–H and O–H groups in total. The van der Waals surface area contributed by atoms with Crippen LogP contribution in [0.2, 0.25) is 10.0 Å². The van der Waals surface area contributed by atoms with Crippen LogP contribution in [0.3, 0.4) is 0 Å². The summed E-state index contributed by atoms with van der Waals surface area (Å²) in [5, 5.41) is 3.64. The highest BCUT2D eigenvalue weighted by Gasteiger charge is 2.29. The summed E-state index contributed by atoms with van der Waals surface area (Å²) in [6.07, 6.45) is 1.05. The Labute approximate surface area is 164 Å². The maximum atomic E-state index is 12.7. The minimum Gasteiger partial charge on any atom is -0.324 e. The highest BCUT2D eigenvalue weighted by molar-refractivity contribution is 7.92. The second-order valence-electron chi connectivity index (χ2n) is 6.12. The molecule has 0 radical (unpaired) electrons. The van der Waals surface area contributed by atoms with Gasteiger partial charge < -0.3 is 5.32 Å². The smallest absolute Gasteiger partial charge is 0.248 e. The van der Waals surface area contributed by atoms with Gasteiger partial charge in [0.2, 0.25) is 15.9 Å². The SMILES string of the molecule is Cc1ccc(N([C@@H](C)C(=O)Nc2cc(Cl)ccc2C)S(C)(=O)=O)cc1Cl. The number of nitrogens with one attached hydrogen (secondary N) is 1. The maximum absolute atomic E-state index is 12.7. The fourth-order valence-corrected chi connectivity index (χ4v) is 4.01. The average Bonchev–Trinajstić information content (AvgIpc) is 2.53. The summed E-state index contributed by atoms with van der Waals surface area (Å²) in [5.74, 6) is -0.475. The number of nitrogens with zero attached hydrogens (tertiary/aromatic N) is 1. The number of sulfonamides is 1. The van der Waals surface area contributed by atoms with Gasteiger partial charge in [0, 0.05) is 15.7 Å². The predicted molar refractivity (Wildman–Crippen MR) is 108 cm³/mol. The van der Waals surface area contributed by atoms with Crippen molar-refractivity contribution in [2.24, 2.45) is 0 Å². The van der Waals surface area contributed by atoms with Crippen LogP contribution in [-0.4, -0.2) is 26.6 Å². The fourth-order valence-electron chi connectivity index (χ4n) is 2.49. The molecular formula is C18H20Cl2N2O3S. The predicted octanol–water partition coefficient (Wildman–Crippen LogP) is 4.40. The second kappa shape index (κ2) is 7.86. The van der Waals surface area contributed by atoms with E-state index in [1.807, 2.05) is 13.8 Å². The van der Waals surface area contributed by atoms with Gasteiger partial charge in [-0.15, -0.1) is 0 Å². The summed E-state index contributed by atoms with van der Waals surface area (Å²) >= 11 is 12.1. The minimum atomic E-state index is -3.71. The topological polar surface area (TPSA) is 66.5 Å². The number of amides is 1. The van der Waals surface area contributed by atoms with Crippen molar-refractivity contribution in [1.29, 1.82) is 0 Å².